The maximum atomic E-state index is 12.5. The number of phenols is 1. The molecular formula is C22H27N5O3. The van der Waals surface area contributed by atoms with Crippen LogP contribution in [0.5, 0.6) is 5.75 Å². The minimum Gasteiger partial charge on any atom is -0.508 e. The Kier molecular flexibility index (Phi) is 5.76. The summed E-state index contributed by atoms with van der Waals surface area (Å²) >= 11 is 0. The first kappa shape index (κ1) is 20.0. The summed E-state index contributed by atoms with van der Waals surface area (Å²) in [6.45, 7) is 5.90. The average molecular weight is 409 g/mol. The first-order valence-corrected chi connectivity index (χ1v) is 10.2. The van der Waals surface area contributed by atoms with Gasteiger partial charge >= 0.3 is 5.69 Å². The van der Waals surface area contributed by atoms with Crippen LogP contribution in [0, 0.1) is 5.92 Å². The molecule has 3 aromatic rings. The van der Waals surface area contributed by atoms with E-state index in [1.807, 2.05) is 43.3 Å². The number of hydrogen-bond acceptors (Lipinski definition) is 6. The lowest BCUT2D eigenvalue weighted by molar-refractivity contribution is 0.217. The summed E-state index contributed by atoms with van der Waals surface area (Å²) in [5.74, 6) is 0.263. The zero-order valence-corrected chi connectivity index (χ0v) is 17.1. The van der Waals surface area contributed by atoms with E-state index in [0.717, 1.165) is 43.2 Å². The third-order valence-corrected chi connectivity index (χ3v) is 5.52. The molecule has 2 aromatic carbocycles. The van der Waals surface area contributed by atoms with E-state index in [1.165, 1.54) is 15.6 Å². The van der Waals surface area contributed by atoms with Gasteiger partial charge in [-0.1, -0.05) is 6.92 Å². The lowest BCUT2D eigenvalue weighted by atomic mass is 10.2. The van der Waals surface area contributed by atoms with Gasteiger partial charge in [0.15, 0.2) is 0 Å². The van der Waals surface area contributed by atoms with Crippen LogP contribution in [0.15, 0.2) is 59.7 Å². The molecule has 0 saturated carbocycles. The Morgan fingerprint density at radius 3 is 1.93 bits per heavy atom. The zero-order valence-electron chi connectivity index (χ0n) is 17.1. The highest BCUT2D eigenvalue weighted by molar-refractivity contribution is 5.54. The van der Waals surface area contributed by atoms with Gasteiger partial charge in [-0.05, 0) is 54.4 Å². The van der Waals surface area contributed by atoms with Gasteiger partial charge in [0.2, 0.25) is 0 Å². The SMILES string of the molecule is CC(CO)Cn1ncn(-c2ccc(N3CCN(c4ccc(O)cc4)CC3)cc2)c1=O. The van der Waals surface area contributed by atoms with Crippen molar-refractivity contribution in [3.63, 3.8) is 0 Å². The molecule has 8 heteroatoms. The summed E-state index contributed by atoms with van der Waals surface area (Å²) < 4.78 is 2.91. The van der Waals surface area contributed by atoms with Crippen molar-refractivity contribution in [2.24, 2.45) is 5.92 Å². The number of anilines is 2. The molecule has 0 amide bonds. The van der Waals surface area contributed by atoms with Crippen LogP contribution in [0.25, 0.3) is 5.69 Å². The van der Waals surface area contributed by atoms with Gasteiger partial charge in [-0.3, -0.25) is 0 Å². The van der Waals surface area contributed by atoms with Crippen LogP contribution in [0.4, 0.5) is 11.4 Å². The summed E-state index contributed by atoms with van der Waals surface area (Å²) in [7, 11) is 0. The van der Waals surface area contributed by atoms with E-state index < -0.39 is 0 Å². The van der Waals surface area contributed by atoms with E-state index in [1.54, 1.807) is 12.1 Å². The fourth-order valence-electron chi connectivity index (χ4n) is 3.70. The summed E-state index contributed by atoms with van der Waals surface area (Å²) in [6, 6.07) is 15.3. The van der Waals surface area contributed by atoms with Crippen molar-refractivity contribution in [1.82, 2.24) is 14.3 Å². The highest BCUT2D eigenvalue weighted by Crippen LogP contribution is 2.23. The monoisotopic (exact) mass is 409 g/mol. The number of aromatic hydroxyl groups is 1. The lowest BCUT2D eigenvalue weighted by Crippen LogP contribution is -2.46. The highest BCUT2D eigenvalue weighted by Gasteiger charge is 2.18. The highest BCUT2D eigenvalue weighted by atomic mass is 16.3. The largest absolute Gasteiger partial charge is 0.508 e. The second kappa shape index (κ2) is 8.62. The van der Waals surface area contributed by atoms with Crippen molar-refractivity contribution < 1.29 is 10.2 Å². The second-order valence-electron chi connectivity index (χ2n) is 7.76. The van der Waals surface area contributed by atoms with E-state index in [2.05, 4.69) is 14.9 Å². The average Bonchev–Trinajstić information content (AvgIpc) is 3.14. The summed E-state index contributed by atoms with van der Waals surface area (Å²) in [5.41, 5.74) is 2.81. The molecule has 0 bridgehead atoms. The fraction of sp³-hybridized carbons (Fsp3) is 0.364. The molecular weight excluding hydrogens is 382 g/mol. The van der Waals surface area contributed by atoms with Crippen molar-refractivity contribution in [2.75, 3.05) is 42.6 Å². The Labute approximate surface area is 175 Å². The van der Waals surface area contributed by atoms with Crippen LogP contribution < -0.4 is 15.5 Å². The van der Waals surface area contributed by atoms with Crippen molar-refractivity contribution in [3.05, 3.63) is 65.3 Å². The number of rotatable bonds is 6. The first-order valence-electron chi connectivity index (χ1n) is 10.2. The molecule has 2 heterocycles. The number of aliphatic hydroxyl groups excluding tert-OH is 1. The maximum absolute atomic E-state index is 12.5. The normalized spacial score (nSPS) is 15.4. The van der Waals surface area contributed by atoms with E-state index in [0.29, 0.717) is 6.54 Å². The minimum absolute atomic E-state index is 0.0198. The van der Waals surface area contributed by atoms with Crippen molar-refractivity contribution in [1.29, 1.82) is 0 Å². The first-order chi connectivity index (χ1) is 14.5. The standard InChI is InChI=1S/C22H27N5O3/c1-17(15-28)14-27-22(30)26(16-23-27)20-4-2-18(3-5-20)24-10-12-25(13-11-24)19-6-8-21(29)9-7-19/h2-9,16-17,28-29H,10-15H2,1H3. The molecule has 8 nitrogen and oxygen atoms in total. The third kappa shape index (κ3) is 4.18. The fourth-order valence-corrected chi connectivity index (χ4v) is 3.70. The molecule has 0 aliphatic carbocycles. The van der Waals surface area contributed by atoms with Gasteiger partial charge in [-0.25, -0.2) is 14.0 Å². The maximum Gasteiger partial charge on any atom is 0.350 e. The Hall–Kier alpha value is -3.26. The molecule has 0 radical (unpaired) electrons. The van der Waals surface area contributed by atoms with Crippen molar-refractivity contribution in [2.45, 2.75) is 13.5 Å². The van der Waals surface area contributed by atoms with E-state index >= 15 is 0 Å². The Morgan fingerprint density at radius 2 is 1.40 bits per heavy atom. The number of phenolic OH excluding ortho intramolecular Hbond substituents is 1. The molecule has 1 unspecified atom stereocenters. The lowest BCUT2D eigenvalue weighted by Gasteiger charge is -2.37. The van der Waals surface area contributed by atoms with Crippen LogP contribution in [0.3, 0.4) is 0 Å². The quantitative estimate of drug-likeness (QED) is 0.644. The molecule has 1 aliphatic heterocycles. The molecule has 1 saturated heterocycles. The Bertz CT molecular complexity index is 1020. The molecule has 0 spiro atoms. The molecule has 30 heavy (non-hydrogen) atoms. The predicted octanol–water partition coefficient (Wildman–Crippen LogP) is 1.69. The van der Waals surface area contributed by atoms with Crippen molar-refractivity contribution >= 4 is 11.4 Å². The summed E-state index contributed by atoms with van der Waals surface area (Å²) in [5, 5.41) is 22.8. The molecule has 158 valence electrons. The second-order valence-corrected chi connectivity index (χ2v) is 7.76. The van der Waals surface area contributed by atoms with Gasteiger partial charge in [0.25, 0.3) is 0 Å². The number of nitrogens with zero attached hydrogens (tertiary/aromatic N) is 5. The van der Waals surface area contributed by atoms with Gasteiger partial charge < -0.3 is 20.0 Å². The van der Waals surface area contributed by atoms with Crippen LogP contribution in [0.2, 0.25) is 0 Å². The van der Waals surface area contributed by atoms with Crippen LogP contribution in [0.1, 0.15) is 6.92 Å². The topological polar surface area (TPSA) is 86.8 Å². The molecule has 1 fully saturated rings. The van der Waals surface area contributed by atoms with Gasteiger partial charge in [0, 0.05) is 44.2 Å². The smallest absolute Gasteiger partial charge is 0.350 e. The van der Waals surface area contributed by atoms with Crippen LogP contribution in [-0.2, 0) is 6.54 Å². The summed E-state index contributed by atoms with van der Waals surface area (Å²) in [6.07, 6.45) is 1.53. The van der Waals surface area contributed by atoms with Crippen molar-refractivity contribution in [3.8, 4) is 11.4 Å². The number of hydrogen-bond donors (Lipinski definition) is 2. The molecule has 1 aromatic heterocycles. The molecule has 2 N–H and O–H groups in total. The third-order valence-electron chi connectivity index (χ3n) is 5.52. The predicted molar refractivity (Wildman–Crippen MR) is 117 cm³/mol. The number of benzene rings is 2. The number of aliphatic hydroxyl groups is 1. The van der Waals surface area contributed by atoms with E-state index in [4.69, 9.17) is 0 Å². The summed E-state index contributed by atoms with van der Waals surface area (Å²) in [4.78, 5) is 17.2. The van der Waals surface area contributed by atoms with Crippen LogP contribution in [-0.4, -0.2) is 57.3 Å². The van der Waals surface area contributed by atoms with Gasteiger partial charge in [0.1, 0.15) is 12.1 Å². The Balaban J connectivity index is 1.41. The van der Waals surface area contributed by atoms with Gasteiger partial charge in [0.05, 0.1) is 12.2 Å². The number of aromatic nitrogens is 3. The minimum atomic E-state index is -0.203. The van der Waals surface area contributed by atoms with Crippen LogP contribution >= 0.6 is 0 Å². The molecule has 4 rings (SSSR count). The zero-order chi connectivity index (χ0) is 21.1. The Morgan fingerprint density at radius 1 is 0.900 bits per heavy atom. The molecule has 1 aliphatic rings. The van der Waals surface area contributed by atoms with E-state index in [-0.39, 0.29) is 24.0 Å². The number of piperazine rings is 1. The van der Waals surface area contributed by atoms with Gasteiger partial charge in [-0.15, -0.1) is 0 Å². The van der Waals surface area contributed by atoms with Gasteiger partial charge in [-0.2, -0.15) is 5.10 Å². The molecule has 1 atom stereocenters. The van der Waals surface area contributed by atoms with E-state index in [9.17, 15) is 15.0 Å².